The fourth-order valence-electron chi connectivity index (χ4n) is 5.64. The Labute approximate surface area is 327 Å². The lowest BCUT2D eigenvalue weighted by atomic mass is 10.0. The number of amides is 3. The number of nitrogens with one attached hydrogen (secondary N) is 3. The van der Waals surface area contributed by atoms with Gasteiger partial charge in [-0.2, -0.15) is 0 Å². The molecule has 3 N–H and O–H groups in total. The Balaban J connectivity index is 1.26. The van der Waals surface area contributed by atoms with Crippen LogP contribution in [0.1, 0.15) is 42.7 Å². The summed E-state index contributed by atoms with van der Waals surface area (Å²) in [6.45, 7) is 1.99. The highest BCUT2D eigenvalue weighted by Crippen LogP contribution is 2.40. The van der Waals surface area contributed by atoms with Gasteiger partial charge >= 0.3 is 5.97 Å². The van der Waals surface area contributed by atoms with Crippen LogP contribution in [-0.4, -0.2) is 37.9 Å². The first-order chi connectivity index (χ1) is 26.7. The van der Waals surface area contributed by atoms with Gasteiger partial charge < -0.3 is 25.4 Å². The number of ether oxygens (including phenoxy) is 2. The van der Waals surface area contributed by atoms with Crippen molar-refractivity contribution in [3.8, 4) is 16.9 Å². The van der Waals surface area contributed by atoms with Crippen LogP contribution in [-0.2, 0) is 14.3 Å². The lowest BCUT2D eigenvalue weighted by Crippen LogP contribution is -2.30. The molecule has 0 fully saturated rings. The van der Waals surface area contributed by atoms with Crippen LogP contribution in [0.2, 0.25) is 0 Å². The van der Waals surface area contributed by atoms with Crippen LogP contribution in [0.3, 0.4) is 0 Å². The van der Waals surface area contributed by atoms with Crippen LogP contribution in [0.15, 0.2) is 149 Å². The summed E-state index contributed by atoms with van der Waals surface area (Å²) in [5.74, 6) is -1.40. The van der Waals surface area contributed by atoms with Crippen molar-refractivity contribution in [2.45, 2.75) is 17.1 Å². The monoisotopic (exact) mass is 767 g/mol. The summed E-state index contributed by atoms with van der Waals surface area (Å²) in [7, 11) is 2.84. The molecule has 0 saturated heterocycles. The maximum atomic E-state index is 14.2. The van der Waals surface area contributed by atoms with Crippen LogP contribution in [0.4, 0.5) is 10.7 Å². The number of benzene rings is 5. The number of hydrogen-bond acceptors (Lipinski definition) is 8. The molecule has 5 aromatic carbocycles. The minimum absolute atomic E-state index is 0.000290. The standard InChI is InChI=1S/C44H37N3O6S2/c1-28-21-23-29(24-22-28)35-27-54-43(38(35)44(51)53-3)47-42(50)39(30-13-6-4-7-14-30)55-34-19-12-18-33(26-34)45-41(49)36(25-32-17-10-11-20-37(32)52-2)46-40(48)31-15-8-5-9-16-31/h4-27,39H,1-3H3,(H,45,49)(H,46,48)(H,47,50)/b36-25+. The molecule has 0 aliphatic carbocycles. The summed E-state index contributed by atoms with van der Waals surface area (Å²) in [6, 6.07) is 39.9. The van der Waals surface area contributed by atoms with Crippen molar-refractivity contribution in [3.05, 3.63) is 172 Å². The number of thiophene rings is 1. The van der Waals surface area contributed by atoms with Crippen molar-refractivity contribution in [1.29, 1.82) is 0 Å². The van der Waals surface area contributed by atoms with E-state index in [1.807, 2.05) is 79.0 Å². The van der Waals surface area contributed by atoms with Gasteiger partial charge in [0.05, 0.1) is 14.2 Å². The van der Waals surface area contributed by atoms with E-state index >= 15 is 0 Å². The zero-order valence-electron chi connectivity index (χ0n) is 30.2. The highest BCUT2D eigenvalue weighted by Gasteiger charge is 2.27. The minimum atomic E-state index is -0.742. The molecule has 1 unspecified atom stereocenters. The SMILES string of the molecule is COC(=O)c1c(-c2ccc(C)cc2)csc1NC(=O)C(Sc1cccc(NC(=O)/C(=C\c2ccccc2OC)NC(=O)c2ccccc2)c1)c1ccccc1. The molecule has 0 aliphatic rings. The second kappa shape index (κ2) is 18.1. The third kappa shape index (κ3) is 9.58. The van der Waals surface area contributed by atoms with E-state index in [2.05, 4.69) is 16.0 Å². The van der Waals surface area contributed by atoms with Gasteiger partial charge in [0.2, 0.25) is 5.91 Å². The Morgan fingerprint density at radius 1 is 0.764 bits per heavy atom. The van der Waals surface area contributed by atoms with Crippen molar-refractivity contribution < 1.29 is 28.7 Å². The summed E-state index contributed by atoms with van der Waals surface area (Å²) < 4.78 is 10.6. The summed E-state index contributed by atoms with van der Waals surface area (Å²) in [6.07, 6.45) is 1.56. The topological polar surface area (TPSA) is 123 Å². The van der Waals surface area contributed by atoms with Crippen molar-refractivity contribution in [2.24, 2.45) is 0 Å². The van der Waals surface area contributed by atoms with E-state index in [0.29, 0.717) is 38.0 Å². The number of esters is 1. The van der Waals surface area contributed by atoms with Crippen LogP contribution < -0.4 is 20.7 Å². The Morgan fingerprint density at radius 2 is 1.45 bits per heavy atom. The number of anilines is 2. The lowest BCUT2D eigenvalue weighted by molar-refractivity contribution is -0.116. The molecule has 11 heteroatoms. The summed E-state index contributed by atoms with van der Waals surface area (Å²) >= 11 is 2.53. The predicted molar refractivity (Wildman–Crippen MR) is 219 cm³/mol. The number of hydrogen-bond donors (Lipinski definition) is 3. The molecule has 0 radical (unpaired) electrons. The van der Waals surface area contributed by atoms with Gasteiger partial charge in [0.15, 0.2) is 0 Å². The molecule has 6 aromatic rings. The molecule has 9 nitrogen and oxygen atoms in total. The lowest BCUT2D eigenvalue weighted by Gasteiger charge is -2.18. The summed E-state index contributed by atoms with van der Waals surface area (Å²) in [5.41, 5.74) is 5.01. The van der Waals surface area contributed by atoms with Crippen LogP contribution in [0, 0.1) is 6.92 Å². The Hall–Kier alpha value is -6.43. The highest BCUT2D eigenvalue weighted by atomic mass is 32.2. The van der Waals surface area contributed by atoms with Gasteiger partial charge in [-0.3, -0.25) is 14.4 Å². The molecular weight excluding hydrogens is 731 g/mol. The fourth-order valence-corrected chi connectivity index (χ4v) is 7.69. The highest BCUT2D eigenvalue weighted by molar-refractivity contribution is 8.00. The first-order valence-electron chi connectivity index (χ1n) is 17.2. The maximum Gasteiger partial charge on any atom is 0.341 e. The van der Waals surface area contributed by atoms with E-state index in [1.165, 1.54) is 37.3 Å². The Bertz CT molecular complexity index is 2340. The molecule has 3 amide bonds. The van der Waals surface area contributed by atoms with Crippen molar-refractivity contribution in [2.75, 3.05) is 24.9 Å². The number of carbonyl (C=O) groups is 4. The van der Waals surface area contributed by atoms with Gasteiger partial charge in [0, 0.05) is 32.7 Å². The first kappa shape index (κ1) is 38.3. The van der Waals surface area contributed by atoms with E-state index in [9.17, 15) is 19.2 Å². The summed E-state index contributed by atoms with van der Waals surface area (Å²) in [5, 5.41) is 10.1. The average Bonchev–Trinajstić information content (AvgIpc) is 3.63. The van der Waals surface area contributed by atoms with Gasteiger partial charge in [0.1, 0.15) is 27.3 Å². The zero-order valence-corrected chi connectivity index (χ0v) is 31.8. The Kier molecular flexibility index (Phi) is 12.6. The molecule has 55 heavy (non-hydrogen) atoms. The molecule has 276 valence electrons. The molecule has 1 aromatic heterocycles. The number of para-hydroxylation sites is 1. The second-order valence-electron chi connectivity index (χ2n) is 12.2. The van der Waals surface area contributed by atoms with Gasteiger partial charge in [-0.15, -0.1) is 23.1 Å². The molecule has 0 saturated carbocycles. The van der Waals surface area contributed by atoms with Crippen LogP contribution in [0.25, 0.3) is 17.2 Å². The van der Waals surface area contributed by atoms with Gasteiger partial charge in [-0.1, -0.05) is 103 Å². The zero-order chi connectivity index (χ0) is 38.7. The number of thioether (sulfide) groups is 1. The number of carbonyl (C=O) groups excluding carboxylic acids is 4. The second-order valence-corrected chi connectivity index (χ2v) is 14.3. The number of methoxy groups -OCH3 is 2. The third-order valence-corrected chi connectivity index (χ3v) is 10.6. The molecule has 1 heterocycles. The van der Waals surface area contributed by atoms with Crippen LogP contribution in [0.5, 0.6) is 5.75 Å². The number of rotatable bonds is 13. The van der Waals surface area contributed by atoms with E-state index < -0.39 is 23.0 Å². The van der Waals surface area contributed by atoms with Crippen molar-refractivity contribution in [3.63, 3.8) is 0 Å². The molecule has 1 atom stereocenters. The fraction of sp³-hybridized carbons (Fsp3) is 0.0909. The minimum Gasteiger partial charge on any atom is -0.496 e. The maximum absolute atomic E-state index is 14.2. The third-order valence-electron chi connectivity index (χ3n) is 8.43. The van der Waals surface area contributed by atoms with E-state index in [1.54, 1.807) is 72.8 Å². The van der Waals surface area contributed by atoms with Gasteiger partial charge in [0.25, 0.3) is 11.8 Å². The molecule has 0 bridgehead atoms. The summed E-state index contributed by atoms with van der Waals surface area (Å²) in [4.78, 5) is 55.0. The van der Waals surface area contributed by atoms with Crippen molar-refractivity contribution in [1.82, 2.24) is 5.32 Å². The average molecular weight is 768 g/mol. The first-order valence-corrected chi connectivity index (χ1v) is 18.9. The smallest absolute Gasteiger partial charge is 0.341 e. The molecule has 0 aliphatic heterocycles. The molecule has 0 spiro atoms. The van der Waals surface area contributed by atoms with E-state index in [0.717, 1.165) is 16.7 Å². The normalized spacial score (nSPS) is 11.6. The van der Waals surface area contributed by atoms with Crippen molar-refractivity contribution >= 4 is 63.6 Å². The Morgan fingerprint density at radius 3 is 2.16 bits per heavy atom. The van der Waals surface area contributed by atoms with Gasteiger partial charge in [-0.05, 0) is 60.5 Å². The predicted octanol–water partition coefficient (Wildman–Crippen LogP) is 9.40. The quantitative estimate of drug-likeness (QED) is 0.0608. The van der Waals surface area contributed by atoms with E-state index in [-0.39, 0.29) is 17.2 Å². The largest absolute Gasteiger partial charge is 0.496 e. The molecule has 6 rings (SSSR count). The van der Waals surface area contributed by atoms with E-state index in [4.69, 9.17) is 9.47 Å². The number of aryl methyl sites for hydroxylation is 1. The molecular formula is C44H37N3O6S2. The van der Waals surface area contributed by atoms with Gasteiger partial charge in [-0.25, -0.2) is 4.79 Å². The van der Waals surface area contributed by atoms with Crippen LogP contribution >= 0.6 is 23.1 Å².